The summed E-state index contributed by atoms with van der Waals surface area (Å²) < 4.78 is 24.8. The largest absolute Gasteiger partial charge is 0.277 e. The van der Waals surface area contributed by atoms with Gasteiger partial charge in [-0.1, -0.05) is 29.8 Å². The summed E-state index contributed by atoms with van der Waals surface area (Å²) in [7, 11) is -3.82. The lowest BCUT2D eigenvalue weighted by Crippen LogP contribution is -2.20. The van der Waals surface area contributed by atoms with Crippen LogP contribution in [0.5, 0.6) is 0 Å². The molecule has 0 saturated heterocycles. The number of nitrogens with zero attached hydrogens (tertiary/aromatic N) is 2. The van der Waals surface area contributed by atoms with Crippen LogP contribution in [0.4, 0.5) is 5.69 Å². The highest BCUT2D eigenvalue weighted by molar-refractivity contribution is 7.89. The molecule has 24 heavy (non-hydrogen) atoms. The summed E-state index contributed by atoms with van der Waals surface area (Å²) in [5.41, 5.74) is 2.57. The predicted molar refractivity (Wildman–Crippen MR) is 91.7 cm³/mol. The molecule has 0 aliphatic carbocycles. The van der Waals surface area contributed by atoms with E-state index in [0.29, 0.717) is 16.7 Å². The van der Waals surface area contributed by atoms with Crippen LogP contribution in [0.25, 0.3) is 0 Å². The molecular formula is C16H17N3O4S. The summed E-state index contributed by atoms with van der Waals surface area (Å²) in [6.07, 6.45) is 1.23. The molecule has 0 spiro atoms. The zero-order valence-corrected chi connectivity index (χ0v) is 14.3. The van der Waals surface area contributed by atoms with Crippen molar-refractivity contribution in [3.05, 3.63) is 68.8 Å². The van der Waals surface area contributed by atoms with Crippen molar-refractivity contribution in [2.24, 2.45) is 5.10 Å². The number of benzene rings is 2. The van der Waals surface area contributed by atoms with E-state index in [4.69, 9.17) is 0 Å². The third kappa shape index (κ3) is 3.96. The maximum Gasteiger partial charge on any atom is 0.277 e. The van der Waals surface area contributed by atoms with Gasteiger partial charge in [-0.3, -0.25) is 10.1 Å². The molecule has 0 aliphatic heterocycles. The molecule has 0 atom stereocenters. The van der Waals surface area contributed by atoms with E-state index in [2.05, 4.69) is 9.93 Å². The van der Waals surface area contributed by atoms with Crippen LogP contribution in [0.1, 0.15) is 22.3 Å². The number of aryl methyl sites for hydroxylation is 3. The van der Waals surface area contributed by atoms with Crippen molar-refractivity contribution < 1.29 is 13.3 Å². The van der Waals surface area contributed by atoms with Gasteiger partial charge in [-0.2, -0.15) is 13.5 Å². The van der Waals surface area contributed by atoms with Crippen molar-refractivity contribution in [3.8, 4) is 0 Å². The second-order valence-electron chi connectivity index (χ2n) is 5.43. The second-order valence-corrected chi connectivity index (χ2v) is 7.03. The van der Waals surface area contributed by atoms with E-state index in [-0.39, 0.29) is 10.6 Å². The molecule has 0 unspecified atom stereocenters. The molecule has 7 nitrogen and oxygen atoms in total. The van der Waals surface area contributed by atoms with Crippen molar-refractivity contribution in [1.29, 1.82) is 0 Å². The molecule has 0 radical (unpaired) electrons. The topological polar surface area (TPSA) is 102 Å². The van der Waals surface area contributed by atoms with Gasteiger partial charge in [0.15, 0.2) is 0 Å². The Labute approximate surface area is 140 Å². The van der Waals surface area contributed by atoms with E-state index >= 15 is 0 Å². The van der Waals surface area contributed by atoms with Gasteiger partial charge in [0.25, 0.3) is 15.7 Å². The zero-order chi connectivity index (χ0) is 17.9. The van der Waals surface area contributed by atoms with Crippen LogP contribution < -0.4 is 4.83 Å². The Morgan fingerprint density at radius 3 is 2.33 bits per heavy atom. The molecule has 0 aliphatic rings. The third-order valence-corrected chi connectivity index (χ3v) is 4.87. The summed E-state index contributed by atoms with van der Waals surface area (Å²) in [6.45, 7) is 5.34. The Kier molecular flexibility index (Phi) is 4.99. The van der Waals surface area contributed by atoms with Crippen molar-refractivity contribution >= 4 is 21.9 Å². The summed E-state index contributed by atoms with van der Waals surface area (Å²) in [5.74, 6) is 0. The van der Waals surface area contributed by atoms with E-state index in [1.165, 1.54) is 24.4 Å². The number of rotatable bonds is 5. The molecule has 0 fully saturated rings. The van der Waals surface area contributed by atoms with Gasteiger partial charge in [-0.25, -0.2) is 4.83 Å². The van der Waals surface area contributed by atoms with Crippen LogP contribution in [-0.2, 0) is 10.0 Å². The molecule has 2 rings (SSSR count). The van der Waals surface area contributed by atoms with E-state index in [9.17, 15) is 18.5 Å². The Hall–Kier alpha value is -2.74. The van der Waals surface area contributed by atoms with Gasteiger partial charge in [0.1, 0.15) is 0 Å². The molecule has 126 valence electrons. The number of nitro groups is 1. The summed E-state index contributed by atoms with van der Waals surface area (Å²) in [5, 5.41) is 14.4. The average molecular weight is 347 g/mol. The zero-order valence-electron chi connectivity index (χ0n) is 13.5. The third-order valence-electron chi connectivity index (χ3n) is 3.34. The Morgan fingerprint density at radius 1 is 1.12 bits per heavy atom. The molecule has 1 N–H and O–H groups in total. The fraction of sp³-hybridized carbons (Fsp3) is 0.188. The van der Waals surface area contributed by atoms with E-state index < -0.39 is 14.9 Å². The van der Waals surface area contributed by atoms with Crippen LogP contribution in [0.3, 0.4) is 0 Å². The average Bonchev–Trinajstić information content (AvgIpc) is 2.45. The van der Waals surface area contributed by atoms with Crippen molar-refractivity contribution in [2.75, 3.05) is 0 Å². The summed E-state index contributed by atoms with van der Waals surface area (Å²) >= 11 is 0. The Bertz CT molecular complexity index is 898. The Morgan fingerprint density at radius 2 is 1.75 bits per heavy atom. The molecule has 2 aromatic rings. The fourth-order valence-corrected chi connectivity index (χ4v) is 3.77. The maximum atomic E-state index is 12.4. The lowest BCUT2D eigenvalue weighted by Gasteiger charge is -2.11. The maximum absolute atomic E-state index is 12.4. The van der Waals surface area contributed by atoms with Gasteiger partial charge in [-0.05, 0) is 31.9 Å². The molecule has 0 saturated carbocycles. The predicted octanol–water partition coefficient (Wildman–Crippen LogP) is 2.83. The number of hydrogen-bond donors (Lipinski definition) is 1. The molecule has 0 bridgehead atoms. The molecule has 0 aromatic heterocycles. The first kappa shape index (κ1) is 17.6. The highest BCUT2D eigenvalue weighted by Gasteiger charge is 2.19. The van der Waals surface area contributed by atoms with E-state index in [0.717, 1.165) is 5.56 Å². The van der Waals surface area contributed by atoms with Gasteiger partial charge < -0.3 is 0 Å². The van der Waals surface area contributed by atoms with Crippen LogP contribution >= 0.6 is 0 Å². The smallest absolute Gasteiger partial charge is 0.258 e. The van der Waals surface area contributed by atoms with Gasteiger partial charge in [0.05, 0.1) is 16.0 Å². The molecule has 0 amide bonds. The van der Waals surface area contributed by atoms with Crippen LogP contribution in [0, 0.1) is 30.9 Å². The fourth-order valence-electron chi connectivity index (χ4n) is 2.53. The molecular weight excluding hydrogens is 330 g/mol. The van der Waals surface area contributed by atoms with Crippen molar-refractivity contribution in [2.45, 2.75) is 25.7 Å². The first-order valence-corrected chi connectivity index (χ1v) is 8.56. The monoisotopic (exact) mass is 347 g/mol. The minimum atomic E-state index is -3.82. The lowest BCUT2D eigenvalue weighted by molar-refractivity contribution is -0.384. The minimum Gasteiger partial charge on any atom is -0.258 e. The van der Waals surface area contributed by atoms with Crippen LogP contribution in [0.2, 0.25) is 0 Å². The second kappa shape index (κ2) is 6.79. The van der Waals surface area contributed by atoms with Crippen molar-refractivity contribution in [3.63, 3.8) is 0 Å². The highest BCUT2D eigenvalue weighted by Crippen LogP contribution is 2.21. The van der Waals surface area contributed by atoms with Gasteiger partial charge in [-0.15, -0.1) is 0 Å². The van der Waals surface area contributed by atoms with Crippen LogP contribution in [-0.4, -0.2) is 19.6 Å². The first-order chi connectivity index (χ1) is 11.2. The number of non-ortho nitro benzene ring substituents is 1. The number of hydrogen-bond acceptors (Lipinski definition) is 5. The number of hydrazone groups is 1. The quantitative estimate of drug-likeness (QED) is 0.510. The summed E-state index contributed by atoms with van der Waals surface area (Å²) in [4.78, 5) is 12.5. The molecule has 8 heteroatoms. The van der Waals surface area contributed by atoms with Gasteiger partial charge in [0, 0.05) is 17.7 Å². The normalized spacial score (nSPS) is 11.6. The number of nitrogens with one attached hydrogen (secondary N) is 1. The van der Waals surface area contributed by atoms with Crippen LogP contribution in [0.15, 0.2) is 46.4 Å². The molecule has 2 aromatic carbocycles. The highest BCUT2D eigenvalue weighted by atomic mass is 32.2. The molecule has 0 heterocycles. The lowest BCUT2D eigenvalue weighted by atomic mass is 10.1. The van der Waals surface area contributed by atoms with E-state index in [1.54, 1.807) is 32.0 Å². The first-order valence-electron chi connectivity index (χ1n) is 7.08. The number of sulfonamides is 1. The summed E-state index contributed by atoms with van der Waals surface area (Å²) in [6, 6.07) is 9.31. The van der Waals surface area contributed by atoms with Gasteiger partial charge >= 0.3 is 0 Å². The SMILES string of the molecule is Cc1cc(C)c(S(=O)(=O)N/N=C\c2cccc([N+](=O)[O-])c2)c(C)c1. The Balaban J connectivity index is 2.25. The standard InChI is InChI=1S/C16H17N3O4S/c1-11-7-12(2)16(13(3)8-11)24(22,23)18-17-10-14-5-4-6-15(9-14)19(20)21/h4-10,18H,1-3H3/b17-10-. The van der Waals surface area contributed by atoms with Gasteiger partial charge in [0.2, 0.25) is 0 Å². The van der Waals surface area contributed by atoms with E-state index in [1.807, 2.05) is 6.92 Å². The van der Waals surface area contributed by atoms with Crippen molar-refractivity contribution in [1.82, 2.24) is 4.83 Å². The number of nitro benzene ring substituents is 1. The minimum absolute atomic E-state index is 0.0907.